The molecule has 134 valence electrons. The molecule has 0 saturated carbocycles. The average molecular weight is 369 g/mol. The molecule has 4 atom stereocenters. The van der Waals surface area contributed by atoms with Crippen molar-refractivity contribution in [3.8, 4) is 0 Å². The lowest BCUT2D eigenvalue weighted by Crippen LogP contribution is -2.24. The largest absolute Gasteiger partial charge is 0.311 e. The molecular weight excluding hydrogens is 348 g/mol. The number of alkyl halides is 1. The van der Waals surface area contributed by atoms with Crippen LogP contribution in [0.15, 0.2) is 72.8 Å². The lowest BCUT2D eigenvalue weighted by molar-refractivity contribution is 0.203. The molecule has 0 radical (unpaired) electrons. The van der Waals surface area contributed by atoms with Crippen molar-refractivity contribution >= 4 is 18.3 Å². The van der Waals surface area contributed by atoms with Gasteiger partial charge in [-0.25, -0.2) is 9.06 Å². The minimum Gasteiger partial charge on any atom is -0.305 e. The molecule has 3 aromatic rings. The second-order valence-electron chi connectivity index (χ2n) is 6.76. The van der Waals surface area contributed by atoms with Gasteiger partial charge in [0.25, 0.3) is 0 Å². The zero-order valence-electron chi connectivity index (χ0n) is 14.7. The Morgan fingerprint density at radius 2 is 1.65 bits per heavy atom. The maximum Gasteiger partial charge on any atom is 0.311 e. The fraction of sp³-hybridized carbons (Fsp3) is 0.238. The molecule has 1 fully saturated rings. The maximum absolute atomic E-state index is 15.4. The highest BCUT2D eigenvalue weighted by Crippen LogP contribution is 2.70. The lowest BCUT2D eigenvalue weighted by atomic mass is 10.0. The Labute approximate surface area is 152 Å². The van der Waals surface area contributed by atoms with Crippen molar-refractivity contribution in [3.63, 3.8) is 0 Å². The van der Waals surface area contributed by atoms with Crippen LogP contribution in [0.3, 0.4) is 0 Å². The molecule has 0 unspecified atom stereocenters. The molecule has 0 amide bonds. The van der Waals surface area contributed by atoms with E-state index in [-0.39, 0.29) is 6.04 Å². The average Bonchev–Trinajstić information content (AvgIpc) is 2.93. The second kappa shape index (κ2) is 6.62. The Morgan fingerprint density at radius 1 is 1.00 bits per heavy atom. The Balaban J connectivity index is 1.69. The number of benzene rings is 3. The Kier molecular flexibility index (Phi) is 4.44. The first-order chi connectivity index (χ1) is 12.5. The van der Waals surface area contributed by atoms with Crippen LogP contribution in [0.25, 0.3) is 10.8 Å². The molecule has 0 bridgehead atoms. The van der Waals surface area contributed by atoms with Gasteiger partial charge < -0.3 is 4.52 Å². The van der Waals surface area contributed by atoms with Gasteiger partial charge in [0.05, 0.1) is 0 Å². The van der Waals surface area contributed by atoms with Gasteiger partial charge in [0.15, 0.2) is 0 Å². The molecule has 5 heteroatoms. The number of likely N-dealkylation sites (N-methyl/N-ethyl adjacent to an activating group) is 1. The van der Waals surface area contributed by atoms with E-state index < -0.39 is 19.5 Å². The summed E-state index contributed by atoms with van der Waals surface area (Å²) in [5.41, 5.74) is 1.30. The van der Waals surface area contributed by atoms with Crippen molar-refractivity contribution in [3.05, 3.63) is 83.9 Å². The minimum absolute atomic E-state index is 0.179. The second-order valence-corrected chi connectivity index (χ2v) is 9.18. The van der Waals surface area contributed by atoms with Gasteiger partial charge >= 0.3 is 7.52 Å². The van der Waals surface area contributed by atoms with Crippen LogP contribution in [-0.4, -0.2) is 17.8 Å². The molecule has 0 N–H and O–H groups in total. The topological polar surface area (TPSA) is 29.5 Å². The molecule has 3 aromatic carbocycles. The smallest absolute Gasteiger partial charge is 0.305 e. The highest BCUT2D eigenvalue weighted by Gasteiger charge is 2.52. The first-order valence-electron chi connectivity index (χ1n) is 8.70. The summed E-state index contributed by atoms with van der Waals surface area (Å²) in [4.78, 5) is 0. The highest BCUT2D eigenvalue weighted by atomic mass is 31.2. The van der Waals surface area contributed by atoms with Crippen LogP contribution in [0.1, 0.15) is 30.1 Å². The molecule has 1 heterocycles. The van der Waals surface area contributed by atoms with Gasteiger partial charge in [-0.3, -0.25) is 4.57 Å². The molecular formula is C21H21FNO2P. The monoisotopic (exact) mass is 369 g/mol. The first-order valence-corrected chi connectivity index (χ1v) is 10.3. The van der Waals surface area contributed by atoms with E-state index in [9.17, 15) is 4.57 Å². The quantitative estimate of drug-likeness (QED) is 0.523. The minimum atomic E-state index is -3.66. The zero-order valence-corrected chi connectivity index (χ0v) is 15.6. The zero-order chi connectivity index (χ0) is 18.3. The van der Waals surface area contributed by atoms with Crippen molar-refractivity contribution in [2.24, 2.45) is 0 Å². The summed E-state index contributed by atoms with van der Waals surface area (Å²) in [6.07, 6.45) is -0.411. The third-order valence-electron chi connectivity index (χ3n) is 5.20. The van der Waals surface area contributed by atoms with Crippen LogP contribution in [0, 0.1) is 0 Å². The summed E-state index contributed by atoms with van der Waals surface area (Å²) >= 11 is 0. The fourth-order valence-corrected chi connectivity index (χ4v) is 5.88. The Bertz CT molecular complexity index is 978. The van der Waals surface area contributed by atoms with Crippen molar-refractivity contribution in [1.29, 1.82) is 0 Å². The van der Waals surface area contributed by atoms with Gasteiger partial charge in [-0.2, -0.15) is 0 Å². The number of halogens is 1. The molecule has 1 aliphatic heterocycles. The number of rotatable bonds is 3. The molecule has 0 aromatic heterocycles. The third kappa shape index (κ3) is 2.79. The predicted octanol–water partition coefficient (Wildman–Crippen LogP) is 6.09. The van der Waals surface area contributed by atoms with E-state index in [0.29, 0.717) is 5.56 Å². The first kappa shape index (κ1) is 17.4. The standard InChI is InChI=1S/C21H21FNO2P/c1-15-20(17-9-4-3-5-10-17)25-26(24,23(15)2)21(22)19-13-12-16-8-6-7-11-18(16)14-19/h3-15,20-21H,1-2H3/t15-,20-,21+,26+/m0/s1. The third-order valence-corrected chi connectivity index (χ3v) is 7.84. The van der Waals surface area contributed by atoms with E-state index in [1.54, 1.807) is 23.9 Å². The van der Waals surface area contributed by atoms with Gasteiger partial charge in [-0.05, 0) is 41.9 Å². The molecule has 0 spiro atoms. The van der Waals surface area contributed by atoms with E-state index in [1.807, 2.05) is 67.6 Å². The van der Waals surface area contributed by atoms with Crippen molar-refractivity contribution in [2.45, 2.75) is 25.0 Å². The summed E-state index contributed by atoms with van der Waals surface area (Å²) in [6.45, 7) is 1.92. The summed E-state index contributed by atoms with van der Waals surface area (Å²) in [5.74, 6) is -1.69. The van der Waals surface area contributed by atoms with Crippen LogP contribution in [-0.2, 0) is 9.09 Å². The molecule has 26 heavy (non-hydrogen) atoms. The maximum atomic E-state index is 15.4. The summed E-state index contributed by atoms with van der Waals surface area (Å²) in [6, 6.07) is 22.5. The van der Waals surface area contributed by atoms with Crippen molar-refractivity contribution < 1.29 is 13.5 Å². The SMILES string of the molecule is C[C@H]1[C@@H](c2ccccc2)O[P@](=O)([C@@H](F)c2ccc3ccccc3c2)N1C. The predicted molar refractivity (Wildman–Crippen MR) is 103 cm³/mol. The molecule has 1 aliphatic rings. The number of hydrogen-bond donors (Lipinski definition) is 0. The van der Waals surface area contributed by atoms with Crippen LogP contribution in [0.4, 0.5) is 4.39 Å². The Morgan fingerprint density at radius 3 is 2.38 bits per heavy atom. The van der Waals surface area contributed by atoms with Crippen LogP contribution >= 0.6 is 7.52 Å². The molecule has 1 saturated heterocycles. The number of hydrogen-bond acceptors (Lipinski definition) is 2. The van der Waals surface area contributed by atoms with E-state index in [4.69, 9.17) is 4.52 Å². The fourth-order valence-electron chi connectivity index (χ4n) is 3.51. The van der Waals surface area contributed by atoms with Gasteiger partial charge in [-0.15, -0.1) is 0 Å². The normalized spacial score (nSPS) is 27.7. The van der Waals surface area contributed by atoms with Gasteiger partial charge in [0, 0.05) is 6.04 Å². The lowest BCUT2D eigenvalue weighted by Gasteiger charge is -2.24. The van der Waals surface area contributed by atoms with E-state index >= 15 is 4.39 Å². The van der Waals surface area contributed by atoms with Gasteiger partial charge in [0.1, 0.15) is 6.10 Å². The highest BCUT2D eigenvalue weighted by molar-refractivity contribution is 7.57. The van der Waals surface area contributed by atoms with Crippen LogP contribution in [0.5, 0.6) is 0 Å². The van der Waals surface area contributed by atoms with Gasteiger partial charge in [-0.1, -0.05) is 66.7 Å². The van der Waals surface area contributed by atoms with Crippen LogP contribution < -0.4 is 0 Å². The molecule has 4 rings (SSSR count). The molecule has 3 nitrogen and oxygen atoms in total. The summed E-state index contributed by atoms with van der Waals surface area (Å²) in [7, 11) is -1.98. The number of nitrogens with zero attached hydrogens (tertiary/aromatic N) is 1. The molecule has 0 aliphatic carbocycles. The van der Waals surface area contributed by atoms with Crippen molar-refractivity contribution in [2.75, 3.05) is 7.05 Å². The van der Waals surface area contributed by atoms with Crippen LogP contribution in [0.2, 0.25) is 0 Å². The van der Waals surface area contributed by atoms with Crippen molar-refractivity contribution in [1.82, 2.24) is 4.67 Å². The Hall–Kier alpha value is -2.00. The van der Waals surface area contributed by atoms with E-state index in [2.05, 4.69) is 0 Å². The summed E-state index contributed by atoms with van der Waals surface area (Å²) < 4.78 is 36.4. The van der Waals surface area contributed by atoms with E-state index in [1.165, 1.54) is 0 Å². The van der Waals surface area contributed by atoms with Gasteiger partial charge in [0.2, 0.25) is 5.91 Å². The van der Waals surface area contributed by atoms with E-state index in [0.717, 1.165) is 16.3 Å². The number of fused-ring (bicyclic) bond motifs is 1. The summed E-state index contributed by atoms with van der Waals surface area (Å²) in [5, 5.41) is 1.95.